The second-order valence-electron chi connectivity index (χ2n) is 4.66. The third-order valence-corrected chi connectivity index (χ3v) is 2.90. The van der Waals surface area contributed by atoms with E-state index in [1.807, 2.05) is 0 Å². The molecule has 0 aromatic heterocycles. The molecule has 0 rings (SSSR count). The van der Waals surface area contributed by atoms with Gasteiger partial charge in [0.1, 0.15) is 6.04 Å². The first kappa shape index (κ1) is 13.8. The minimum absolute atomic E-state index is 0.363. The van der Waals surface area contributed by atoms with Crippen LogP contribution in [0.4, 0.5) is 0 Å². The molecule has 0 spiro atoms. The van der Waals surface area contributed by atoms with Crippen molar-refractivity contribution in [2.75, 3.05) is 11.5 Å². The van der Waals surface area contributed by atoms with E-state index < -0.39 is 12.0 Å². The number of carboxylic acid groups (broad SMARTS) is 1. The summed E-state index contributed by atoms with van der Waals surface area (Å²) in [5, 5.41) is 8.53. The maximum Gasteiger partial charge on any atom is 0.320 e. The van der Waals surface area contributed by atoms with Crippen molar-refractivity contribution in [2.45, 2.75) is 39.7 Å². The fourth-order valence-electron chi connectivity index (χ4n) is 0.814. The van der Waals surface area contributed by atoms with Gasteiger partial charge in [0, 0.05) is 0 Å². The van der Waals surface area contributed by atoms with E-state index in [2.05, 4.69) is 20.8 Å². The predicted molar refractivity (Wildman–Crippen MR) is 61.6 cm³/mol. The van der Waals surface area contributed by atoms with Crippen molar-refractivity contribution in [2.24, 2.45) is 11.1 Å². The lowest BCUT2D eigenvalue weighted by molar-refractivity contribution is -0.138. The van der Waals surface area contributed by atoms with Crippen LogP contribution < -0.4 is 5.73 Å². The summed E-state index contributed by atoms with van der Waals surface area (Å²) in [6.45, 7) is 6.61. The van der Waals surface area contributed by atoms with Gasteiger partial charge >= 0.3 is 5.97 Å². The molecular weight excluding hydrogens is 198 g/mol. The highest BCUT2D eigenvalue weighted by atomic mass is 32.2. The number of hydrogen-bond donors (Lipinski definition) is 2. The van der Waals surface area contributed by atoms with E-state index in [0.717, 1.165) is 17.9 Å². The summed E-state index contributed by atoms with van der Waals surface area (Å²) < 4.78 is 0. The summed E-state index contributed by atoms with van der Waals surface area (Å²) in [5.41, 5.74) is 5.73. The smallest absolute Gasteiger partial charge is 0.320 e. The van der Waals surface area contributed by atoms with Gasteiger partial charge in [-0.3, -0.25) is 4.79 Å². The number of carbonyl (C=O) groups is 1. The molecule has 1 unspecified atom stereocenters. The van der Waals surface area contributed by atoms with E-state index in [1.54, 1.807) is 11.8 Å². The van der Waals surface area contributed by atoms with Crippen LogP contribution >= 0.6 is 11.8 Å². The van der Waals surface area contributed by atoms with Crippen LogP contribution in [0.25, 0.3) is 0 Å². The second-order valence-corrected chi connectivity index (χ2v) is 5.88. The standard InChI is InChI=1S/C10H21NO2S/c1-10(2,3)5-7-14-6-4-8(11)9(12)13/h8H,4-7,11H2,1-3H3,(H,12,13). The molecule has 0 radical (unpaired) electrons. The molecule has 3 nitrogen and oxygen atoms in total. The number of aliphatic carboxylic acids is 1. The average Bonchev–Trinajstić information content (AvgIpc) is 2.01. The molecular formula is C10H21NO2S. The maximum atomic E-state index is 10.4. The number of hydrogen-bond acceptors (Lipinski definition) is 3. The Morgan fingerprint density at radius 2 is 2.00 bits per heavy atom. The number of thioether (sulfide) groups is 1. The van der Waals surface area contributed by atoms with Gasteiger partial charge in [-0.1, -0.05) is 20.8 Å². The van der Waals surface area contributed by atoms with E-state index in [-0.39, 0.29) is 0 Å². The van der Waals surface area contributed by atoms with Crippen molar-refractivity contribution >= 4 is 17.7 Å². The Hall–Kier alpha value is -0.220. The molecule has 0 saturated carbocycles. The number of nitrogens with two attached hydrogens (primary N) is 1. The molecule has 0 amide bonds. The Kier molecular flexibility index (Phi) is 6.20. The minimum Gasteiger partial charge on any atom is -0.480 e. The number of carboxylic acids is 1. The zero-order valence-corrected chi connectivity index (χ0v) is 10.1. The highest BCUT2D eigenvalue weighted by Crippen LogP contribution is 2.21. The molecule has 0 aliphatic heterocycles. The fourth-order valence-corrected chi connectivity index (χ4v) is 2.20. The Morgan fingerprint density at radius 3 is 2.43 bits per heavy atom. The zero-order valence-electron chi connectivity index (χ0n) is 9.25. The van der Waals surface area contributed by atoms with Gasteiger partial charge in [0.2, 0.25) is 0 Å². The summed E-state index contributed by atoms with van der Waals surface area (Å²) in [6.07, 6.45) is 1.71. The topological polar surface area (TPSA) is 63.3 Å². The third-order valence-electron chi connectivity index (χ3n) is 1.89. The van der Waals surface area contributed by atoms with Crippen molar-refractivity contribution in [3.05, 3.63) is 0 Å². The van der Waals surface area contributed by atoms with Crippen LogP contribution in [0, 0.1) is 5.41 Å². The summed E-state index contributed by atoms with van der Waals surface area (Å²) in [4.78, 5) is 10.4. The van der Waals surface area contributed by atoms with Crippen LogP contribution in [0.1, 0.15) is 33.6 Å². The summed E-state index contributed by atoms with van der Waals surface area (Å²) in [6, 6.07) is -0.697. The van der Waals surface area contributed by atoms with Crippen molar-refractivity contribution in [1.29, 1.82) is 0 Å². The first-order valence-electron chi connectivity index (χ1n) is 4.89. The van der Waals surface area contributed by atoms with Gasteiger partial charge in [-0.2, -0.15) is 11.8 Å². The van der Waals surface area contributed by atoms with Crippen molar-refractivity contribution in [1.82, 2.24) is 0 Å². The average molecular weight is 219 g/mol. The molecule has 14 heavy (non-hydrogen) atoms. The maximum absolute atomic E-state index is 10.4. The Morgan fingerprint density at radius 1 is 1.43 bits per heavy atom. The lowest BCUT2D eigenvalue weighted by atomic mass is 9.94. The van der Waals surface area contributed by atoms with Crippen LogP contribution in [0.15, 0.2) is 0 Å². The molecule has 0 aromatic rings. The molecule has 3 N–H and O–H groups in total. The fraction of sp³-hybridized carbons (Fsp3) is 0.900. The third kappa shape index (κ3) is 8.38. The van der Waals surface area contributed by atoms with Crippen LogP contribution in [0.3, 0.4) is 0 Å². The molecule has 84 valence electrons. The van der Waals surface area contributed by atoms with Gasteiger partial charge in [0.05, 0.1) is 0 Å². The van der Waals surface area contributed by atoms with Crippen molar-refractivity contribution in [3.63, 3.8) is 0 Å². The van der Waals surface area contributed by atoms with Crippen molar-refractivity contribution < 1.29 is 9.90 Å². The van der Waals surface area contributed by atoms with Crippen LogP contribution in [0.5, 0.6) is 0 Å². The van der Waals surface area contributed by atoms with E-state index in [9.17, 15) is 4.79 Å². The van der Waals surface area contributed by atoms with E-state index >= 15 is 0 Å². The summed E-state index contributed by atoms with van der Waals surface area (Å²) in [7, 11) is 0. The summed E-state index contributed by atoms with van der Waals surface area (Å²) in [5.74, 6) is 1.01. The molecule has 0 aromatic carbocycles. The quantitative estimate of drug-likeness (QED) is 0.670. The molecule has 0 bridgehead atoms. The molecule has 0 heterocycles. The first-order valence-corrected chi connectivity index (χ1v) is 6.04. The van der Waals surface area contributed by atoms with Gasteiger partial charge in [0.15, 0.2) is 0 Å². The van der Waals surface area contributed by atoms with Gasteiger partial charge in [-0.25, -0.2) is 0 Å². The van der Waals surface area contributed by atoms with Gasteiger partial charge in [0.25, 0.3) is 0 Å². The highest BCUT2D eigenvalue weighted by molar-refractivity contribution is 7.99. The first-order chi connectivity index (χ1) is 6.33. The zero-order chi connectivity index (χ0) is 11.2. The van der Waals surface area contributed by atoms with E-state index in [1.165, 1.54) is 0 Å². The Balaban J connectivity index is 3.35. The van der Waals surface area contributed by atoms with E-state index in [4.69, 9.17) is 10.8 Å². The SMILES string of the molecule is CC(C)(C)CCSCCC(N)C(=O)O. The molecule has 4 heteroatoms. The molecule has 0 aliphatic carbocycles. The van der Waals surface area contributed by atoms with Crippen LogP contribution in [-0.2, 0) is 4.79 Å². The molecule has 0 saturated heterocycles. The molecule has 0 aliphatic rings. The van der Waals surface area contributed by atoms with Crippen molar-refractivity contribution in [3.8, 4) is 0 Å². The van der Waals surface area contributed by atoms with Crippen LogP contribution in [-0.4, -0.2) is 28.6 Å². The van der Waals surface area contributed by atoms with Gasteiger partial charge in [-0.05, 0) is 29.8 Å². The number of rotatable bonds is 6. The summed E-state index contributed by atoms with van der Waals surface area (Å²) >= 11 is 1.78. The second kappa shape index (κ2) is 6.30. The van der Waals surface area contributed by atoms with Gasteiger partial charge < -0.3 is 10.8 Å². The minimum atomic E-state index is -0.901. The van der Waals surface area contributed by atoms with Crippen LogP contribution in [0.2, 0.25) is 0 Å². The lowest BCUT2D eigenvalue weighted by Gasteiger charge is -2.17. The van der Waals surface area contributed by atoms with E-state index in [0.29, 0.717) is 11.8 Å². The normalized spacial score (nSPS) is 14.0. The molecule has 1 atom stereocenters. The monoisotopic (exact) mass is 219 g/mol. The predicted octanol–water partition coefficient (Wildman–Crippen LogP) is 1.96. The Labute approximate surface area is 90.4 Å². The highest BCUT2D eigenvalue weighted by Gasteiger charge is 2.12. The lowest BCUT2D eigenvalue weighted by Crippen LogP contribution is -2.30. The Bertz CT molecular complexity index is 177. The van der Waals surface area contributed by atoms with Gasteiger partial charge in [-0.15, -0.1) is 0 Å². The molecule has 0 fully saturated rings. The largest absolute Gasteiger partial charge is 0.480 e.